The van der Waals surface area contributed by atoms with E-state index in [4.69, 9.17) is 0 Å². The Kier molecular flexibility index (Phi) is 3.96. The van der Waals surface area contributed by atoms with Gasteiger partial charge < -0.3 is 20.3 Å². The van der Waals surface area contributed by atoms with Crippen molar-refractivity contribution in [2.75, 3.05) is 18.9 Å². The van der Waals surface area contributed by atoms with Gasteiger partial charge in [-0.2, -0.15) is 4.99 Å². The van der Waals surface area contributed by atoms with E-state index in [1.165, 1.54) is 0 Å². The molecule has 5 atom stereocenters. The van der Waals surface area contributed by atoms with Gasteiger partial charge in [0.2, 0.25) is 11.9 Å². The van der Waals surface area contributed by atoms with Gasteiger partial charge in [0, 0.05) is 30.9 Å². The lowest BCUT2D eigenvalue weighted by molar-refractivity contribution is -0.129. The molecule has 3 heterocycles. The molecule has 31 heavy (non-hydrogen) atoms. The van der Waals surface area contributed by atoms with Crippen molar-refractivity contribution in [1.29, 1.82) is 0 Å². The number of pyridine rings is 1. The van der Waals surface area contributed by atoms with E-state index in [0.717, 1.165) is 43.2 Å². The summed E-state index contributed by atoms with van der Waals surface area (Å²) < 4.78 is 0. The molecule has 0 spiro atoms. The van der Waals surface area contributed by atoms with E-state index < -0.39 is 11.5 Å². The van der Waals surface area contributed by atoms with Gasteiger partial charge in [0.25, 0.3) is 5.91 Å². The van der Waals surface area contributed by atoms with E-state index in [1.807, 2.05) is 12.3 Å². The Morgan fingerprint density at radius 2 is 2.10 bits per heavy atom. The molecule has 1 saturated heterocycles. The smallest absolute Gasteiger partial charge is 0.283 e. The molecule has 162 valence electrons. The Morgan fingerprint density at radius 3 is 2.77 bits per heavy atom. The highest BCUT2D eigenvalue weighted by Gasteiger charge is 2.54. The fourth-order valence-electron chi connectivity index (χ4n) is 6.53. The van der Waals surface area contributed by atoms with E-state index in [2.05, 4.69) is 25.6 Å². The molecule has 3 unspecified atom stereocenters. The van der Waals surface area contributed by atoms with Gasteiger partial charge in [0.1, 0.15) is 5.65 Å². The quantitative estimate of drug-likeness (QED) is 0.594. The van der Waals surface area contributed by atoms with E-state index in [1.54, 1.807) is 18.1 Å². The lowest BCUT2D eigenvalue weighted by Gasteiger charge is -2.58. The maximum atomic E-state index is 13.1. The Morgan fingerprint density at radius 1 is 1.32 bits per heavy atom. The fourth-order valence-corrected chi connectivity index (χ4v) is 6.53. The van der Waals surface area contributed by atoms with Gasteiger partial charge in [-0.15, -0.1) is 0 Å². The van der Waals surface area contributed by atoms with E-state index >= 15 is 0 Å². The Bertz CT molecular complexity index is 1110. The number of aliphatic hydroxyl groups is 1. The van der Waals surface area contributed by atoms with Crippen molar-refractivity contribution in [2.24, 2.45) is 22.7 Å². The summed E-state index contributed by atoms with van der Waals surface area (Å²) in [4.78, 5) is 38.1. The summed E-state index contributed by atoms with van der Waals surface area (Å²) in [5.74, 6) is 1.04. The highest BCUT2D eigenvalue weighted by Crippen LogP contribution is 2.56. The number of hydrogen-bond donors (Lipinski definition) is 4. The molecule has 4 aliphatic carbocycles. The zero-order valence-electron chi connectivity index (χ0n) is 17.4. The first kappa shape index (κ1) is 18.8. The monoisotopic (exact) mass is 422 g/mol. The van der Waals surface area contributed by atoms with Crippen LogP contribution in [0.15, 0.2) is 23.5 Å². The number of amides is 2. The summed E-state index contributed by atoms with van der Waals surface area (Å²) in [6.07, 6.45) is 8.19. The molecular weight excluding hydrogens is 396 g/mol. The van der Waals surface area contributed by atoms with Crippen molar-refractivity contribution in [3.05, 3.63) is 24.0 Å². The van der Waals surface area contributed by atoms with Gasteiger partial charge in [-0.1, -0.05) is 0 Å². The van der Waals surface area contributed by atoms with Gasteiger partial charge in [-0.05, 0) is 55.9 Å². The van der Waals surface area contributed by atoms with Crippen LogP contribution in [0, 0.1) is 17.8 Å². The number of nitrogens with zero attached hydrogens (tertiary/aromatic N) is 3. The highest BCUT2D eigenvalue weighted by atomic mass is 16.3. The number of aromatic nitrogens is 2. The van der Waals surface area contributed by atoms with Gasteiger partial charge in [-0.25, -0.2) is 4.98 Å². The summed E-state index contributed by atoms with van der Waals surface area (Å²) in [6, 6.07) is 2.13. The first-order chi connectivity index (χ1) is 14.9. The van der Waals surface area contributed by atoms with Crippen LogP contribution in [0.4, 0.5) is 5.69 Å². The van der Waals surface area contributed by atoms with Gasteiger partial charge >= 0.3 is 0 Å². The highest BCUT2D eigenvalue weighted by molar-refractivity contribution is 6.13. The standard InChI is InChI=1S/C22H26N6O3/c1-28-10-16(29)25-21(28)27-20(30)15-9-24-19-14(2-3-23-19)18(15)26-17-12-4-11-5-13(17)8-22(31,6-11)7-12/h2-3,9,11-13,17,31H,4-8,10H2,1H3,(H2,23,24,26)(H,25,27,29,30)/t11?,12-,13+,17?,22?. The minimum atomic E-state index is -0.508. The normalized spacial score (nSPS) is 35.2. The lowest BCUT2D eigenvalue weighted by Crippen LogP contribution is -2.59. The molecule has 1 aliphatic heterocycles. The third-order valence-corrected chi connectivity index (χ3v) is 7.57. The average Bonchev–Trinajstić information content (AvgIpc) is 3.29. The number of fused-ring (bicyclic) bond motifs is 1. The molecule has 9 heteroatoms. The molecule has 4 saturated carbocycles. The average molecular weight is 422 g/mol. The van der Waals surface area contributed by atoms with Crippen LogP contribution in [0.5, 0.6) is 0 Å². The van der Waals surface area contributed by atoms with Crippen molar-refractivity contribution in [3.63, 3.8) is 0 Å². The number of hydrogen-bond acceptors (Lipinski definition) is 5. The summed E-state index contributed by atoms with van der Waals surface area (Å²) in [6.45, 7) is 0.182. The van der Waals surface area contributed by atoms with Crippen molar-refractivity contribution in [1.82, 2.24) is 20.2 Å². The zero-order valence-corrected chi connectivity index (χ0v) is 17.4. The predicted molar refractivity (Wildman–Crippen MR) is 115 cm³/mol. The van der Waals surface area contributed by atoms with Gasteiger partial charge in [0.15, 0.2) is 0 Å². The number of rotatable bonds is 3. The summed E-state index contributed by atoms with van der Waals surface area (Å²) in [5, 5.41) is 18.1. The molecule has 5 fully saturated rings. The van der Waals surface area contributed by atoms with Crippen LogP contribution in [-0.2, 0) is 4.79 Å². The van der Waals surface area contributed by atoms with Crippen molar-refractivity contribution < 1.29 is 14.7 Å². The summed E-state index contributed by atoms with van der Waals surface area (Å²) in [5.41, 5.74) is 1.32. The number of H-pyrrole nitrogens is 1. The van der Waals surface area contributed by atoms with Crippen LogP contribution < -0.4 is 10.6 Å². The van der Waals surface area contributed by atoms with E-state index in [9.17, 15) is 14.7 Å². The molecule has 2 amide bonds. The van der Waals surface area contributed by atoms with Gasteiger partial charge in [0.05, 0.1) is 23.4 Å². The molecule has 9 nitrogen and oxygen atoms in total. The number of likely N-dealkylation sites (N-methyl/N-ethyl adjacent to an activating group) is 1. The number of aromatic amines is 1. The van der Waals surface area contributed by atoms with E-state index in [0.29, 0.717) is 29.0 Å². The number of nitrogens with one attached hydrogen (secondary N) is 3. The molecule has 7 rings (SSSR count). The van der Waals surface area contributed by atoms with E-state index in [-0.39, 0.29) is 24.5 Å². The molecule has 0 aromatic carbocycles. The fraction of sp³-hybridized carbons (Fsp3) is 0.545. The maximum absolute atomic E-state index is 13.1. The third-order valence-electron chi connectivity index (χ3n) is 7.57. The van der Waals surface area contributed by atoms with Crippen molar-refractivity contribution in [3.8, 4) is 0 Å². The Balaban J connectivity index is 1.36. The second-order valence-corrected chi connectivity index (χ2v) is 9.80. The van der Waals surface area contributed by atoms with Gasteiger partial charge in [-0.3, -0.25) is 14.9 Å². The molecule has 2 aromatic rings. The first-order valence-corrected chi connectivity index (χ1v) is 11.0. The van der Waals surface area contributed by atoms with Crippen molar-refractivity contribution >= 4 is 34.5 Å². The topological polar surface area (TPSA) is 123 Å². The SMILES string of the molecule is CN1CC(=O)NC1=NC(=O)c1cnc2[nH]ccc2c1NC1[C@@H]2CC3C[C@H]1CC(O)(C3)C2. The maximum Gasteiger partial charge on any atom is 0.283 e. The Labute approximate surface area is 179 Å². The van der Waals surface area contributed by atoms with Crippen LogP contribution in [0.25, 0.3) is 11.0 Å². The predicted octanol–water partition coefficient (Wildman–Crippen LogP) is 1.47. The molecule has 4 N–H and O–H groups in total. The number of guanidine groups is 1. The molecule has 2 aromatic heterocycles. The Hall–Kier alpha value is -2.94. The zero-order chi connectivity index (χ0) is 21.3. The molecule has 0 radical (unpaired) electrons. The largest absolute Gasteiger partial charge is 0.390 e. The van der Waals surface area contributed by atoms with Crippen LogP contribution >= 0.6 is 0 Å². The minimum Gasteiger partial charge on any atom is -0.390 e. The van der Waals surface area contributed by atoms with Crippen LogP contribution in [0.3, 0.4) is 0 Å². The lowest BCUT2D eigenvalue weighted by atomic mass is 9.52. The summed E-state index contributed by atoms with van der Waals surface area (Å²) >= 11 is 0. The second kappa shape index (κ2) is 6.53. The number of carbonyl (C=O) groups excluding carboxylic acids is 2. The van der Waals surface area contributed by atoms with Crippen LogP contribution in [0.2, 0.25) is 0 Å². The second-order valence-electron chi connectivity index (χ2n) is 9.80. The third kappa shape index (κ3) is 3.02. The molecular formula is C22H26N6O3. The summed E-state index contributed by atoms with van der Waals surface area (Å²) in [7, 11) is 1.72. The molecule has 4 bridgehead atoms. The van der Waals surface area contributed by atoms with Crippen LogP contribution in [-0.4, -0.2) is 63.0 Å². The van der Waals surface area contributed by atoms with Crippen LogP contribution in [0.1, 0.15) is 42.5 Å². The van der Waals surface area contributed by atoms with Crippen molar-refractivity contribution in [2.45, 2.75) is 43.7 Å². The number of aliphatic imine (C=N–C) groups is 1. The first-order valence-electron chi connectivity index (χ1n) is 11.0. The minimum absolute atomic E-state index is 0.182. The molecule has 5 aliphatic rings. The number of anilines is 1. The number of carbonyl (C=O) groups is 2.